The van der Waals surface area contributed by atoms with Gasteiger partial charge >= 0.3 is 23.9 Å². The maximum Gasteiger partial charge on any atom is 0.348 e. The molecule has 0 bridgehead atoms. The van der Waals surface area contributed by atoms with E-state index >= 15 is 0 Å². The first-order valence-electron chi connectivity index (χ1n) is 11.1. The molecule has 0 aromatic rings. The number of allylic oxidation sites excluding steroid dienone is 1. The predicted octanol–water partition coefficient (Wildman–Crippen LogP) is 3.29. The van der Waals surface area contributed by atoms with Crippen LogP contribution in [-0.4, -0.2) is 57.0 Å². The first-order valence-corrected chi connectivity index (χ1v) is 11.1. The zero-order chi connectivity index (χ0) is 26.5. The molecular formula is C24H40O9. The van der Waals surface area contributed by atoms with E-state index in [0.29, 0.717) is 5.57 Å². The molecule has 0 fully saturated rings. The van der Waals surface area contributed by atoms with E-state index in [1.165, 1.54) is 27.7 Å². The first-order chi connectivity index (χ1) is 14.8. The van der Waals surface area contributed by atoms with Gasteiger partial charge in [-0.2, -0.15) is 0 Å². The molecule has 0 amide bonds. The second-order valence-electron chi connectivity index (χ2n) is 10.1. The molecule has 0 rings (SSSR count). The molecule has 4 atom stereocenters. The van der Waals surface area contributed by atoms with Crippen LogP contribution in [0.3, 0.4) is 0 Å². The number of hydrogen-bond acceptors (Lipinski definition) is 7. The highest BCUT2D eigenvalue weighted by atomic mass is 16.6. The summed E-state index contributed by atoms with van der Waals surface area (Å²) in [7, 11) is 0. The predicted molar refractivity (Wildman–Crippen MR) is 121 cm³/mol. The van der Waals surface area contributed by atoms with E-state index in [-0.39, 0.29) is 6.42 Å². The van der Waals surface area contributed by atoms with Crippen LogP contribution >= 0.6 is 0 Å². The van der Waals surface area contributed by atoms with E-state index in [4.69, 9.17) is 9.47 Å². The number of hydrogen-bond donors (Lipinski definition) is 3. The van der Waals surface area contributed by atoms with E-state index in [2.05, 4.69) is 6.58 Å². The van der Waals surface area contributed by atoms with E-state index in [9.17, 15) is 34.5 Å². The zero-order valence-corrected chi connectivity index (χ0v) is 21.2. The molecule has 0 saturated carbocycles. The highest BCUT2D eigenvalue weighted by molar-refractivity contribution is 5.89. The fourth-order valence-electron chi connectivity index (χ4n) is 3.78. The minimum Gasteiger partial charge on any atom is -0.481 e. The summed E-state index contributed by atoms with van der Waals surface area (Å²) in [6.07, 6.45) is -2.30. The number of carbonyl (C=O) groups excluding carboxylic acids is 2. The lowest BCUT2D eigenvalue weighted by Crippen LogP contribution is -2.58. The van der Waals surface area contributed by atoms with Gasteiger partial charge in [0.1, 0.15) is 0 Å². The van der Waals surface area contributed by atoms with E-state index in [0.717, 1.165) is 0 Å². The lowest BCUT2D eigenvalue weighted by Gasteiger charge is -2.40. The summed E-state index contributed by atoms with van der Waals surface area (Å²) in [6.45, 7) is 17.4. The molecule has 0 aromatic heterocycles. The van der Waals surface area contributed by atoms with Crippen LogP contribution in [0.4, 0.5) is 0 Å². The Balaban J connectivity index is 6.69. The van der Waals surface area contributed by atoms with Crippen molar-refractivity contribution in [3.8, 4) is 0 Å². The Morgan fingerprint density at radius 1 is 0.939 bits per heavy atom. The molecule has 0 aromatic carbocycles. The van der Waals surface area contributed by atoms with Crippen LogP contribution in [0.1, 0.15) is 68.7 Å². The Hall–Kier alpha value is -2.42. The number of esters is 2. The second-order valence-corrected chi connectivity index (χ2v) is 10.1. The number of carbonyl (C=O) groups is 4. The Kier molecular flexibility index (Phi) is 10.8. The minimum atomic E-state index is -2.47. The third-order valence-electron chi connectivity index (χ3n) is 5.84. The smallest absolute Gasteiger partial charge is 0.348 e. The summed E-state index contributed by atoms with van der Waals surface area (Å²) < 4.78 is 10.7. The summed E-state index contributed by atoms with van der Waals surface area (Å²) in [4.78, 5) is 50.3. The molecule has 0 saturated heterocycles. The molecule has 33 heavy (non-hydrogen) atoms. The van der Waals surface area contributed by atoms with Gasteiger partial charge in [0.2, 0.25) is 6.10 Å². The molecule has 3 N–H and O–H groups in total. The van der Waals surface area contributed by atoms with Crippen molar-refractivity contribution in [1.29, 1.82) is 0 Å². The fourth-order valence-corrected chi connectivity index (χ4v) is 3.78. The number of carboxylic acids is 2. The monoisotopic (exact) mass is 472 g/mol. The van der Waals surface area contributed by atoms with Gasteiger partial charge in [-0.25, -0.2) is 9.59 Å². The van der Waals surface area contributed by atoms with Crippen LogP contribution in [0.25, 0.3) is 0 Å². The Morgan fingerprint density at radius 3 is 1.73 bits per heavy atom. The van der Waals surface area contributed by atoms with Gasteiger partial charge < -0.3 is 24.8 Å². The van der Waals surface area contributed by atoms with Crippen LogP contribution < -0.4 is 0 Å². The Labute approximate surface area is 196 Å². The summed E-state index contributed by atoms with van der Waals surface area (Å²) in [5.41, 5.74) is -3.49. The number of carboxylic acid groups (broad SMARTS) is 2. The molecule has 0 heterocycles. The highest BCUT2D eigenvalue weighted by Crippen LogP contribution is 2.39. The average Bonchev–Trinajstić information content (AvgIpc) is 2.62. The molecule has 0 aliphatic rings. The third kappa shape index (κ3) is 7.28. The fraction of sp³-hybridized carbons (Fsp3) is 0.750. The quantitative estimate of drug-likeness (QED) is 0.271. The van der Waals surface area contributed by atoms with E-state index < -0.39 is 70.8 Å². The average molecular weight is 473 g/mol. The van der Waals surface area contributed by atoms with Gasteiger partial charge in [-0.1, -0.05) is 33.3 Å². The van der Waals surface area contributed by atoms with Crippen molar-refractivity contribution in [2.75, 3.05) is 0 Å². The first kappa shape index (κ1) is 30.6. The summed E-state index contributed by atoms with van der Waals surface area (Å²) in [6, 6.07) is 0. The summed E-state index contributed by atoms with van der Waals surface area (Å²) >= 11 is 0. The van der Waals surface area contributed by atoms with E-state index in [1.54, 1.807) is 34.6 Å². The maximum atomic E-state index is 13.3. The van der Waals surface area contributed by atoms with Crippen LogP contribution in [0.15, 0.2) is 12.2 Å². The van der Waals surface area contributed by atoms with Gasteiger partial charge in [0.05, 0.1) is 17.4 Å². The van der Waals surface area contributed by atoms with Crippen molar-refractivity contribution in [2.24, 2.45) is 29.1 Å². The number of ether oxygens (including phenoxy) is 2. The molecule has 1 unspecified atom stereocenters. The molecule has 190 valence electrons. The summed E-state index contributed by atoms with van der Waals surface area (Å²) in [5.74, 6) is -9.10. The molecule has 0 radical (unpaired) electrons. The van der Waals surface area contributed by atoms with Crippen LogP contribution in [0, 0.1) is 29.1 Å². The van der Waals surface area contributed by atoms with Gasteiger partial charge in [-0.3, -0.25) is 9.59 Å². The number of rotatable bonds is 13. The summed E-state index contributed by atoms with van der Waals surface area (Å²) in [5, 5.41) is 30.8. The number of aliphatic hydroxyl groups is 1. The molecule has 9 nitrogen and oxygen atoms in total. The molecule has 0 aliphatic heterocycles. The van der Waals surface area contributed by atoms with Crippen molar-refractivity contribution >= 4 is 23.9 Å². The Morgan fingerprint density at radius 2 is 1.42 bits per heavy atom. The largest absolute Gasteiger partial charge is 0.481 e. The number of aliphatic carboxylic acids is 2. The van der Waals surface area contributed by atoms with Crippen molar-refractivity contribution in [1.82, 2.24) is 0 Å². The van der Waals surface area contributed by atoms with Crippen molar-refractivity contribution in [3.63, 3.8) is 0 Å². The molecule has 0 spiro atoms. The topological polar surface area (TPSA) is 147 Å². The van der Waals surface area contributed by atoms with Gasteiger partial charge in [0, 0.05) is 5.92 Å². The van der Waals surface area contributed by atoms with Crippen molar-refractivity contribution in [3.05, 3.63) is 12.2 Å². The van der Waals surface area contributed by atoms with Gasteiger partial charge in [0.15, 0.2) is 5.60 Å². The maximum absolute atomic E-state index is 13.3. The minimum absolute atomic E-state index is 0.0110. The SMILES string of the molecule is C=C(C)C[C@@H]([C@H](OC(=O)[C@](O)(C(C)C)C(C(=O)O)C(C)C)C(=O)OC(C)C)C(C)(C)C(=O)O. The lowest BCUT2D eigenvalue weighted by molar-refractivity contribution is -0.204. The van der Waals surface area contributed by atoms with Crippen molar-refractivity contribution in [2.45, 2.75) is 86.5 Å². The molecular weight excluding hydrogens is 432 g/mol. The molecule has 9 heteroatoms. The van der Waals surface area contributed by atoms with Crippen molar-refractivity contribution < 1.29 is 44.0 Å². The van der Waals surface area contributed by atoms with Crippen LogP contribution in [0.5, 0.6) is 0 Å². The zero-order valence-electron chi connectivity index (χ0n) is 21.2. The van der Waals surface area contributed by atoms with Gasteiger partial charge in [-0.05, 0) is 52.9 Å². The molecule has 0 aliphatic carbocycles. The van der Waals surface area contributed by atoms with Gasteiger partial charge in [0.25, 0.3) is 0 Å². The normalized spacial score (nSPS) is 16.6. The van der Waals surface area contributed by atoms with E-state index in [1.807, 2.05) is 0 Å². The van der Waals surface area contributed by atoms with Gasteiger partial charge in [-0.15, -0.1) is 6.58 Å². The Bertz CT molecular complexity index is 751. The van der Waals surface area contributed by atoms with Crippen LogP contribution in [-0.2, 0) is 28.7 Å². The standard InChI is InChI=1S/C24H40O9/c1-12(2)11-16(23(9,10)21(28)29)18(20(27)32-15(7)8)33-22(30)24(31,14(5)6)17(13(3)4)19(25)26/h13-18,31H,1,11H2,2-10H3,(H,25,26)(H,28,29)/t16-,17?,18-,24-/m0/s1. The van der Waals surface area contributed by atoms with Crippen LogP contribution in [0.2, 0.25) is 0 Å². The second kappa shape index (κ2) is 11.6. The lowest BCUT2D eigenvalue weighted by atomic mass is 9.71. The third-order valence-corrected chi connectivity index (χ3v) is 5.84. The highest BCUT2D eigenvalue weighted by Gasteiger charge is 2.55.